The van der Waals surface area contributed by atoms with Crippen LogP contribution in [0.2, 0.25) is 0 Å². The van der Waals surface area contributed by atoms with Crippen molar-refractivity contribution in [3.8, 4) is 0 Å². The Labute approximate surface area is 100 Å². The monoisotopic (exact) mass is 239 g/mol. The third kappa shape index (κ3) is 2.72. The Bertz CT molecular complexity index is 373. The molecule has 17 heavy (non-hydrogen) atoms. The Hall–Kier alpha value is -1.65. The van der Waals surface area contributed by atoms with Crippen molar-refractivity contribution in [2.24, 2.45) is 5.92 Å². The molecule has 0 saturated heterocycles. The summed E-state index contributed by atoms with van der Waals surface area (Å²) in [6, 6.07) is 0. The van der Waals surface area contributed by atoms with Gasteiger partial charge in [0, 0.05) is 17.7 Å². The van der Waals surface area contributed by atoms with Crippen molar-refractivity contribution in [2.45, 2.75) is 33.6 Å². The Kier molecular flexibility index (Phi) is 4.04. The number of carbonyl (C=O) groups excluding carboxylic acids is 2. The minimum absolute atomic E-state index is 0.254. The normalized spacial score (nSPS) is 17.9. The van der Waals surface area contributed by atoms with Gasteiger partial charge in [-0.1, -0.05) is 6.92 Å². The first-order chi connectivity index (χ1) is 7.86. The number of hydrogen-bond acceptors (Lipinski definition) is 3. The lowest BCUT2D eigenvalue weighted by atomic mass is 10.1. The zero-order valence-corrected chi connectivity index (χ0v) is 10.3. The third-order valence-electron chi connectivity index (χ3n) is 3.13. The van der Waals surface area contributed by atoms with Crippen LogP contribution in [0.4, 0.5) is 0 Å². The highest BCUT2D eigenvalue weighted by Crippen LogP contribution is 2.20. The predicted molar refractivity (Wildman–Crippen MR) is 61.1 cm³/mol. The number of nitrogens with zero attached hydrogens (tertiary/aromatic N) is 1. The van der Waals surface area contributed by atoms with E-state index in [2.05, 4.69) is 0 Å². The van der Waals surface area contributed by atoms with Crippen LogP contribution in [0.15, 0.2) is 11.1 Å². The first-order valence-electron chi connectivity index (χ1n) is 5.62. The Balaban J connectivity index is 2.48. The van der Waals surface area contributed by atoms with E-state index in [1.807, 2.05) is 0 Å². The summed E-state index contributed by atoms with van der Waals surface area (Å²) in [6.45, 7) is 5.18. The van der Waals surface area contributed by atoms with Crippen LogP contribution in [0.3, 0.4) is 0 Å². The quantitative estimate of drug-likeness (QED) is 0.731. The van der Waals surface area contributed by atoms with Crippen molar-refractivity contribution in [1.82, 2.24) is 4.90 Å². The lowest BCUT2D eigenvalue weighted by molar-refractivity contribution is -0.141. The summed E-state index contributed by atoms with van der Waals surface area (Å²) >= 11 is 0. The molecule has 1 atom stereocenters. The first kappa shape index (κ1) is 13.4. The van der Waals surface area contributed by atoms with Gasteiger partial charge in [-0.05, 0) is 26.7 Å². The Morgan fingerprint density at radius 3 is 2.12 bits per heavy atom. The number of imide groups is 1. The van der Waals surface area contributed by atoms with E-state index in [1.165, 1.54) is 4.90 Å². The van der Waals surface area contributed by atoms with Crippen molar-refractivity contribution in [1.29, 1.82) is 0 Å². The van der Waals surface area contributed by atoms with Crippen LogP contribution in [-0.2, 0) is 14.4 Å². The molecule has 0 bridgehead atoms. The number of carboxylic acid groups (broad SMARTS) is 1. The van der Waals surface area contributed by atoms with E-state index in [0.717, 1.165) is 0 Å². The molecule has 5 nitrogen and oxygen atoms in total. The maximum Gasteiger partial charge on any atom is 0.306 e. The third-order valence-corrected chi connectivity index (χ3v) is 3.13. The highest BCUT2D eigenvalue weighted by atomic mass is 16.4. The first-order valence-corrected chi connectivity index (χ1v) is 5.62. The van der Waals surface area contributed by atoms with Crippen LogP contribution >= 0.6 is 0 Å². The van der Waals surface area contributed by atoms with Crippen LogP contribution in [-0.4, -0.2) is 34.3 Å². The molecule has 5 heteroatoms. The van der Waals surface area contributed by atoms with Crippen LogP contribution in [0, 0.1) is 5.92 Å². The second-order valence-electron chi connectivity index (χ2n) is 4.39. The zero-order valence-electron chi connectivity index (χ0n) is 10.3. The van der Waals surface area contributed by atoms with E-state index in [9.17, 15) is 14.4 Å². The van der Waals surface area contributed by atoms with Gasteiger partial charge in [-0.15, -0.1) is 0 Å². The molecule has 1 N–H and O–H groups in total. The van der Waals surface area contributed by atoms with E-state index < -0.39 is 11.9 Å². The van der Waals surface area contributed by atoms with Crippen molar-refractivity contribution in [2.75, 3.05) is 6.54 Å². The second kappa shape index (κ2) is 5.12. The maximum absolute atomic E-state index is 11.7. The largest absolute Gasteiger partial charge is 0.481 e. The van der Waals surface area contributed by atoms with Gasteiger partial charge in [0.2, 0.25) is 0 Å². The molecule has 0 fully saturated rings. The fourth-order valence-corrected chi connectivity index (χ4v) is 1.70. The summed E-state index contributed by atoms with van der Waals surface area (Å²) in [7, 11) is 0. The molecule has 1 heterocycles. The SMILES string of the molecule is CC1=C(C)C(=O)N(CCCC(C)C(=O)O)C1=O. The minimum atomic E-state index is -0.852. The highest BCUT2D eigenvalue weighted by Gasteiger charge is 2.32. The number of carbonyl (C=O) groups is 3. The fraction of sp³-hybridized carbons (Fsp3) is 0.583. The standard InChI is InChI=1S/C12H17NO4/c1-7(12(16)17)5-4-6-13-10(14)8(2)9(3)11(13)15/h7H,4-6H2,1-3H3,(H,16,17). The van der Waals surface area contributed by atoms with Gasteiger partial charge < -0.3 is 5.11 Å². The zero-order chi connectivity index (χ0) is 13.2. The van der Waals surface area contributed by atoms with Crippen LogP contribution < -0.4 is 0 Å². The van der Waals surface area contributed by atoms with Crippen LogP contribution in [0.25, 0.3) is 0 Å². The lowest BCUT2D eigenvalue weighted by Crippen LogP contribution is -2.32. The van der Waals surface area contributed by atoms with E-state index in [4.69, 9.17) is 5.11 Å². The molecule has 1 unspecified atom stereocenters. The van der Waals surface area contributed by atoms with Crippen molar-refractivity contribution in [3.05, 3.63) is 11.1 Å². The molecule has 1 aliphatic rings. The molecule has 94 valence electrons. The van der Waals surface area contributed by atoms with Gasteiger partial charge in [-0.2, -0.15) is 0 Å². The Morgan fingerprint density at radius 2 is 1.71 bits per heavy atom. The Morgan fingerprint density at radius 1 is 1.24 bits per heavy atom. The molecular formula is C12H17NO4. The minimum Gasteiger partial charge on any atom is -0.481 e. The summed E-state index contributed by atoms with van der Waals surface area (Å²) in [4.78, 5) is 35.1. The lowest BCUT2D eigenvalue weighted by Gasteiger charge is -2.15. The van der Waals surface area contributed by atoms with E-state index in [-0.39, 0.29) is 11.8 Å². The molecular weight excluding hydrogens is 222 g/mol. The van der Waals surface area contributed by atoms with Gasteiger partial charge in [0.25, 0.3) is 11.8 Å². The predicted octanol–water partition coefficient (Wildman–Crippen LogP) is 1.19. The average Bonchev–Trinajstić information content (AvgIpc) is 2.46. The molecule has 0 aliphatic carbocycles. The number of aliphatic carboxylic acids is 1. The summed E-state index contributed by atoms with van der Waals surface area (Å²) < 4.78 is 0. The van der Waals surface area contributed by atoms with E-state index >= 15 is 0 Å². The second-order valence-corrected chi connectivity index (χ2v) is 4.39. The number of hydrogen-bond donors (Lipinski definition) is 1. The molecule has 0 aromatic rings. The van der Waals surface area contributed by atoms with Crippen molar-refractivity contribution in [3.63, 3.8) is 0 Å². The van der Waals surface area contributed by atoms with E-state index in [1.54, 1.807) is 20.8 Å². The molecule has 1 aliphatic heterocycles. The summed E-state index contributed by atoms with van der Waals surface area (Å²) in [6.07, 6.45) is 0.982. The fourth-order valence-electron chi connectivity index (χ4n) is 1.70. The van der Waals surface area contributed by atoms with Gasteiger partial charge in [0.15, 0.2) is 0 Å². The van der Waals surface area contributed by atoms with Gasteiger partial charge >= 0.3 is 5.97 Å². The number of carboxylic acids is 1. The van der Waals surface area contributed by atoms with Gasteiger partial charge in [0.05, 0.1) is 5.92 Å². The van der Waals surface area contributed by atoms with Gasteiger partial charge in [0.1, 0.15) is 0 Å². The highest BCUT2D eigenvalue weighted by molar-refractivity contribution is 6.18. The topological polar surface area (TPSA) is 74.7 Å². The molecule has 0 aromatic heterocycles. The molecule has 0 aromatic carbocycles. The maximum atomic E-state index is 11.7. The molecule has 0 spiro atoms. The number of amides is 2. The van der Waals surface area contributed by atoms with Crippen LogP contribution in [0.5, 0.6) is 0 Å². The van der Waals surface area contributed by atoms with Crippen LogP contribution in [0.1, 0.15) is 33.6 Å². The molecule has 1 rings (SSSR count). The summed E-state index contributed by atoms with van der Waals surface area (Å²) in [5.74, 6) is -1.81. The molecule has 0 saturated carbocycles. The average molecular weight is 239 g/mol. The van der Waals surface area contributed by atoms with Gasteiger partial charge in [-0.25, -0.2) is 0 Å². The smallest absolute Gasteiger partial charge is 0.306 e. The van der Waals surface area contributed by atoms with Crippen molar-refractivity contribution >= 4 is 17.8 Å². The molecule has 2 amide bonds. The molecule has 0 radical (unpaired) electrons. The summed E-state index contributed by atoms with van der Waals surface area (Å²) in [5.41, 5.74) is 0.975. The van der Waals surface area contributed by atoms with Gasteiger partial charge in [-0.3, -0.25) is 19.3 Å². The van der Waals surface area contributed by atoms with E-state index in [0.29, 0.717) is 30.5 Å². The number of rotatable bonds is 5. The summed E-state index contributed by atoms with van der Waals surface area (Å²) in [5, 5.41) is 8.71. The van der Waals surface area contributed by atoms with Crippen molar-refractivity contribution < 1.29 is 19.5 Å².